The van der Waals surface area contributed by atoms with Crippen molar-refractivity contribution in [3.63, 3.8) is 0 Å². The van der Waals surface area contributed by atoms with Crippen LogP contribution in [0.1, 0.15) is 0 Å². The minimum Gasteiger partial charge on any atom is -0.506 e. The van der Waals surface area contributed by atoms with Gasteiger partial charge in [0.15, 0.2) is 0 Å². The SMILES string of the molecule is O=c1c(Cl)c(Nc2ccc([N+](=O)[O-])cc2O)c1=O. The van der Waals surface area contributed by atoms with Gasteiger partial charge in [0, 0.05) is 6.07 Å². The van der Waals surface area contributed by atoms with Gasteiger partial charge in [-0.15, -0.1) is 0 Å². The maximum Gasteiger partial charge on any atom is 0.273 e. The Bertz CT molecular complexity index is 717. The summed E-state index contributed by atoms with van der Waals surface area (Å²) in [5.74, 6) is -0.423. The number of anilines is 2. The van der Waals surface area contributed by atoms with Gasteiger partial charge in [-0.2, -0.15) is 0 Å². The van der Waals surface area contributed by atoms with Crippen LogP contribution >= 0.6 is 11.6 Å². The molecule has 2 N–H and O–H groups in total. The van der Waals surface area contributed by atoms with Crippen molar-refractivity contribution in [1.82, 2.24) is 0 Å². The summed E-state index contributed by atoms with van der Waals surface area (Å²) in [4.78, 5) is 31.8. The molecule has 0 aromatic heterocycles. The monoisotopic (exact) mass is 268 g/mol. The van der Waals surface area contributed by atoms with Crippen molar-refractivity contribution >= 4 is 28.7 Å². The van der Waals surface area contributed by atoms with Gasteiger partial charge in [-0.1, -0.05) is 11.6 Å². The molecule has 7 nitrogen and oxygen atoms in total. The number of nitro benzene ring substituents is 1. The van der Waals surface area contributed by atoms with Crippen LogP contribution in [0.3, 0.4) is 0 Å². The lowest BCUT2D eigenvalue weighted by atomic mass is 10.2. The molecule has 2 rings (SSSR count). The van der Waals surface area contributed by atoms with Crippen molar-refractivity contribution in [3.05, 3.63) is 53.8 Å². The molecule has 0 aliphatic carbocycles. The number of phenolic OH excluding ortho intramolecular Hbond substituents is 1. The summed E-state index contributed by atoms with van der Waals surface area (Å²) in [5.41, 5.74) is -1.98. The number of nitro groups is 1. The van der Waals surface area contributed by atoms with Crippen LogP contribution < -0.4 is 16.2 Å². The molecular weight excluding hydrogens is 264 g/mol. The Morgan fingerprint density at radius 3 is 2.44 bits per heavy atom. The second-order valence-electron chi connectivity index (χ2n) is 3.43. The van der Waals surface area contributed by atoms with Crippen LogP contribution in [0.15, 0.2) is 27.8 Å². The number of aromatic hydroxyl groups is 1. The number of nitrogens with one attached hydrogen (secondary N) is 1. The summed E-state index contributed by atoms with van der Waals surface area (Å²) in [5, 5.41) is 22.2. The molecule has 0 unspecified atom stereocenters. The van der Waals surface area contributed by atoms with E-state index in [0.717, 1.165) is 12.1 Å². The Morgan fingerprint density at radius 1 is 1.28 bits per heavy atom. The molecule has 0 aliphatic heterocycles. The maximum atomic E-state index is 11.1. The zero-order valence-electron chi connectivity index (χ0n) is 8.64. The molecule has 0 saturated heterocycles. The zero-order valence-corrected chi connectivity index (χ0v) is 9.39. The van der Waals surface area contributed by atoms with Crippen LogP contribution in [-0.4, -0.2) is 10.0 Å². The van der Waals surface area contributed by atoms with Crippen molar-refractivity contribution in [1.29, 1.82) is 0 Å². The molecule has 92 valence electrons. The summed E-state index contributed by atoms with van der Waals surface area (Å²) in [6.07, 6.45) is 0. The van der Waals surface area contributed by atoms with Gasteiger partial charge in [0.1, 0.15) is 16.5 Å². The number of hydrogen-bond acceptors (Lipinski definition) is 6. The topological polar surface area (TPSA) is 110 Å². The van der Waals surface area contributed by atoms with E-state index >= 15 is 0 Å². The normalized spacial score (nSPS) is 10.5. The summed E-state index contributed by atoms with van der Waals surface area (Å²) < 4.78 is 0. The summed E-state index contributed by atoms with van der Waals surface area (Å²) in [6.45, 7) is 0. The fourth-order valence-electron chi connectivity index (χ4n) is 1.35. The molecule has 2 aromatic rings. The van der Waals surface area contributed by atoms with Gasteiger partial charge >= 0.3 is 0 Å². The Hall–Kier alpha value is -2.41. The van der Waals surface area contributed by atoms with Crippen molar-refractivity contribution in [2.75, 3.05) is 5.32 Å². The lowest BCUT2D eigenvalue weighted by Crippen LogP contribution is -2.33. The number of halogens is 1. The summed E-state index contributed by atoms with van der Waals surface area (Å²) >= 11 is 5.50. The molecule has 18 heavy (non-hydrogen) atoms. The third-order valence-corrected chi connectivity index (χ3v) is 2.66. The van der Waals surface area contributed by atoms with Gasteiger partial charge in [-0.25, -0.2) is 0 Å². The second-order valence-corrected chi connectivity index (χ2v) is 3.81. The Kier molecular flexibility index (Phi) is 2.76. The highest BCUT2D eigenvalue weighted by Gasteiger charge is 2.20. The van der Waals surface area contributed by atoms with Crippen LogP contribution in [0.2, 0.25) is 5.02 Å². The molecule has 0 heterocycles. The van der Waals surface area contributed by atoms with Crippen LogP contribution in [0.25, 0.3) is 0 Å². The molecule has 0 fully saturated rings. The first-order valence-corrected chi connectivity index (χ1v) is 5.03. The molecule has 0 saturated carbocycles. The van der Waals surface area contributed by atoms with Gasteiger partial charge in [0.05, 0.1) is 16.7 Å². The smallest absolute Gasteiger partial charge is 0.273 e. The average molecular weight is 269 g/mol. The number of hydrogen-bond donors (Lipinski definition) is 2. The fraction of sp³-hybridized carbons (Fsp3) is 0. The van der Waals surface area contributed by atoms with Crippen molar-refractivity contribution in [3.8, 4) is 5.75 Å². The lowest BCUT2D eigenvalue weighted by Gasteiger charge is -2.10. The average Bonchev–Trinajstić information content (AvgIpc) is 2.35. The molecular formula is C10H5ClN2O5. The van der Waals surface area contributed by atoms with E-state index in [0.29, 0.717) is 0 Å². The first-order chi connectivity index (χ1) is 8.41. The van der Waals surface area contributed by atoms with Crippen LogP contribution in [0.4, 0.5) is 17.1 Å². The molecule has 2 aromatic carbocycles. The van der Waals surface area contributed by atoms with Gasteiger partial charge in [0.2, 0.25) is 5.43 Å². The Labute approximate surface area is 104 Å². The van der Waals surface area contributed by atoms with E-state index in [1.165, 1.54) is 6.07 Å². The minimum atomic E-state index is -0.805. The predicted octanol–water partition coefficient (Wildman–Crippen LogP) is 1.29. The molecule has 0 amide bonds. The summed E-state index contributed by atoms with van der Waals surface area (Å²) in [6, 6.07) is 3.27. The number of nitrogens with zero attached hydrogens (tertiary/aromatic N) is 1. The molecule has 0 atom stereocenters. The Morgan fingerprint density at radius 2 is 1.94 bits per heavy atom. The number of rotatable bonds is 3. The fourth-order valence-corrected chi connectivity index (χ4v) is 1.57. The largest absolute Gasteiger partial charge is 0.506 e. The molecule has 0 bridgehead atoms. The third-order valence-electron chi connectivity index (χ3n) is 2.30. The maximum absolute atomic E-state index is 11.1. The number of benzene rings is 1. The number of phenols is 1. The van der Waals surface area contributed by atoms with Crippen molar-refractivity contribution < 1.29 is 10.0 Å². The van der Waals surface area contributed by atoms with Gasteiger partial charge in [-0.3, -0.25) is 19.7 Å². The van der Waals surface area contributed by atoms with Crippen LogP contribution in [0.5, 0.6) is 5.75 Å². The van der Waals surface area contributed by atoms with Gasteiger partial charge in [0.25, 0.3) is 11.1 Å². The van der Waals surface area contributed by atoms with Crippen LogP contribution in [-0.2, 0) is 0 Å². The number of non-ortho nitro benzene ring substituents is 1. The van der Waals surface area contributed by atoms with E-state index < -0.39 is 21.5 Å². The van der Waals surface area contributed by atoms with E-state index in [9.17, 15) is 24.8 Å². The lowest BCUT2D eigenvalue weighted by molar-refractivity contribution is -0.384. The third kappa shape index (κ3) is 1.80. The highest BCUT2D eigenvalue weighted by molar-refractivity contribution is 6.34. The molecule has 8 heteroatoms. The second kappa shape index (κ2) is 4.11. The molecule has 0 spiro atoms. The van der Waals surface area contributed by atoms with E-state index in [-0.39, 0.29) is 22.1 Å². The van der Waals surface area contributed by atoms with E-state index in [1.807, 2.05) is 0 Å². The van der Waals surface area contributed by atoms with Gasteiger partial charge in [-0.05, 0) is 6.07 Å². The van der Waals surface area contributed by atoms with Gasteiger partial charge < -0.3 is 10.4 Å². The molecule has 0 radical (unpaired) electrons. The first kappa shape index (κ1) is 12.1. The van der Waals surface area contributed by atoms with E-state index in [2.05, 4.69) is 5.32 Å². The quantitative estimate of drug-likeness (QED) is 0.376. The first-order valence-electron chi connectivity index (χ1n) is 4.65. The van der Waals surface area contributed by atoms with Crippen molar-refractivity contribution in [2.24, 2.45) is 0 Å². The molecule has 0 aliphatic rings. The predicted molar refractivity (Wildman–Crippen MR) is 64.4 cm³/mol. The van der Waals surface area contributed by atoms with E-state index in [4.69, 9.17) is 11.6 Å². The highest BCUT2D eigenvalue weighted by atomic mass is 35.5. The summed E-state index contributed by atoms with van der Waals surface area (Å²) in [7, 11) is 0. The van der Waals surface area contributed by atoms with Crippen molar-refractivity contribution in [2.45, 2.75) is 0 Å². The standard InChI is InChI=1S/C10H5ClN2O5/c11-7-8(10(16)9(7)15)12-5-2-1-4(13(17)18)3-6(5)14/h1-3,12,14H. The van der Waals surface area contributed by atoms with E-state index in [1.54, 1.807) is 0 Å². The highest BCUT2D eigenvalue weighted by Crippen LogP contribution is 2.31. The Balaban J connectivity index is 2.34. The van der Waals surface area contributed by atoms with Crippen LogP contribution in [0, 0.1) is 10.1 Å². The minimum absolute atomic E-state index is 0.0506. The zero-order chi connectivity index (χ0) is 13.4.